The highest BCUT2D eigenvalue weighted by atomic mass is 16.4. The number of oxime groups is 1. The van der Waals surface area contributed by atoms with Crippen molar-refractivity contribution in [3.8, 4) is 0 Å². The van der Waals surface area contributed by atoms with E-state index in [1.54, 1.807) is 0 Å². The van der Waals surface area contributed by atoms with Gasteiger partial charge >= 0.3 is 0 Å². The molecule has 0 rings (SSSR count). The molecule has 0 aromatic carbocycles. The highest BCUT2D eigenvalue weighted by Gasteiger charge is 2.23. The van der Waals surface area contributed by atoms with Crippen molar-refractivity contribution in [2.45, 2.75) is 58.5 Å². The summed E-state index contributed by atoms with van der Waals surface area (Å²) >= 11 is 0. The number of nitrogens with zero attached hydrogens (tertiary/aromatic N) is 2. The van der Waals surface area contributed by atoms with Crippen molar-refractivity contribution in [3.63, 3.8) is 0 Å². The van der Waals surface area contributed by atoms with Crippen LogP contribution in [0.3, 0.4) is 0 Å². The van der Waals surface area contributed by atoms with Gasteiger partial charge in [0.05, 0.1) is 6.61 Å². The van der Waals surface area contributed by atoms with Crippen molar-refractivity contribution in [2.24, 2.45) is 10.9 Å². The van der Waals surface area contributed by atoms with Crippen LogP contribution in [-0.2, 0) is 0 Å². The molecule has 0 aromatic rings. The second kappa shape index (κ2) is 9.24. The maximum atomic E-state index is 9.16. The summed E-state index contributed by atoms with van der Waals surface area (Å²) < 4.78 is 0. The van der Waals surface area contributed by atoms with Gasteiger partial charge in [-0.3, -0.25) is 4.90 Å². The molecular formula is C12H27N3O2. The van der Waals surface area contributed by atoms with Gasteiger partial charge < -0.3 is 16.0 Å². The lowest BCUT2D eigenvalue weighted by Crippen LogP contribution is -2.45. The fourth-order valence-corrected chi connectivity index (χ4v) is 2.31. The molecule has 0 heterocycles. The van der Waals surface area contributed by atoms with E-state index in [4.69, 9.17) is 16.0 Å². The third kappa shape index (κ3) is 5.37. The zero-order valence-corrected chi connectivity index (χ0v) is 11.3. The monoisotopic (exact) mass is 245 g/mol. The second-order valence-corrected chi connectivity index (χ2v) is 4.29. The largest absolute Gasteiger partial charge is 0.409 e. The van der Waals surface area contributed by atoms with Gasteiger partial charge in [-0.15, -0.1) is 0 Å². The molecule has 0 fully saturated rings. The second-order valence-electron chi connectivity index (χ2n) is 4.29. The van der Waals surface area contributed by atoms with Gasteiger partial charge in [-0.05, 0) is 19.3 Å². The Kier molecular flexibility index (Phi) is 8.80. The van der Waals surface area contributed by atoms with Crippen LogP contribution in [0.25, 0.3) is 0 Å². The molecule has 0 aliphatic rings. The molecule has 0 aromatic heterocycles. The third-order valence-electron chi connectivity index (χ3n) is 3.28. The van der Waals surface area contributed by atoms with E-state index >= 15 is 0 Å². The summed E-state index contributed by atoms with van der Waals surface area (Å²) in [6.07, 6.45) is 3.56. The molecule has 17 heavy (non-hydrogen) atoms. The lowest BCUT2D eigenvalue weighted by molar-refractivity contribution is 0.0963. The third-order valence-corrected chi connectivity index (χ3v) is 3.28. The topological polar surface area (TPSA) is 82.1 Å². The Balaban J connectivity index is 4.71. The minimum atomic E-state index is 0.142. The van der Waals surface area contributed by atoms with Crippen molar-refractivity contribution in [1.29, 1.82) is 0 Å². The van der Waals surface area contributed by atoms with E-state index in [0.29, 0.717) is 19.0 Å². The van der Waals surface area contributed by atoms with Crippen LogP contribution in [-0.4, -0.2) is 46.3 Å². The summed E-state index contributed by atoms with van der Waals surface area (Å²) in [5.74, 6) is 0.255. The summed E-state index contributed by atoms with van der Waals surface area (Å²) in [5.41, 5.74) is 5.58. The van der Waals surface area contributed by atoms with Crippen LogP contribution in [0.2, 0.25) is 0 Å². The Hall–Kier alpha value is -0.810. The van der Waals surface area contributed by atoms with E-state index in [1.165, 1.54) is 0 Å². The average molecular weight is 245 g/mol. The SMILES string of the molecule is CCC(CC)N(CCO)C(CC)CC(N)=NO. The lowest BCUT2D eigenvalue weighted by Gasteiger charge is -2.36. The standard InChI is InChI=1S/C12H27N3O2/c1-4-10(5-2)15(7-8-16)11(6-3)9-12(13)14-17/h10-11,16-17H,4-9H2,1-3H3,(H2,13,14). The summed E-state index contributed by atoms with van der Waals surface area (Å²) in [6.45, 7) is 7.16. The molecule has 0 amide bonds. The quantitative estimate of drug-likeness (QED) is 0.248. The summed E-state index contributed by atoms with van der Waals surface area (Å²) in [6, 6.07) is 0.668. The molecule has 1 atom stereocenters. The molecule has 5 nitrogen and oxygen atoms in total. The van der Waals surface area contributed by atoms with Crippen LogP contribution in [0, 0.1) is 0 Å². The number of nitrogens with two attached hydrogens (primary N) is 1. The van der Waals surface area contributed by atoms with Gasteiger partial charge in [0.1, 0.15) is 5.84 Å². The number of hydrogen-bond acceptors (Lipinski definition) is 4. The smallest absolute Gasteiger partial charge is 0.140 e. The molecular weight excluding hydrogens is 218 g/mol. The first kappa shape index (κ1) is 16.2. The van der Waals surface area contributed by atoms with Gasteiger partial charge in [-0.2, -0.15) is 0 Å². The van der Waals surface area contributed by atoms with Gasteiger partial charge in [0, 0.05) is 25.0 Å². The molecule has 4 N–H and O–H groups in total. The number of aliphatic hydroxyl groups excluding tert-OH is 1. The van der Waals surface area contributed by atoms with Crippen molar-refractivity contribution in [1.82, 2.24) is 4.90 Å². The van der Waals surface area contributed by atoms with Crippen LogP contribution < -0.4 is 5.73 Å². The Morgan fingerprint density at radius 1 is 1.18 bits per heavy atom. The molecule has 0 saturated heterocycles. The number of aliphatic hydroxyl groups is 1. The maximum Gasteiger partial charge on any atom is 0.140 e. The molecule has 0 aliphatic carbocycles. The predicted octanol–water partition coefficient (Wildman–Crippen LogP) is 1.38. The molecule has 0 bridgehead atoms. The van der Waals surface area contributed by atoms with E-state index in [-0.39, 0.29) is 18.5 Å². The zero-order valence-electron chi connectivity index (χ0n) is 11.3. The van der Waals surface area contributed by atoms with Crippen LogP contribution >= 0.6 is 0 Å². The van der Waals surface area contributed by atoms with Gasteiger partial charge in [0.25, 0.3) is 0 Å². The zero-order chi connectivity index (χ0) is 13.3. The minimum Gasteiger partial charge on any atom is -0.409 e. The van der Waals surface area contributed by atoms with Gasteiger partial charge in [0.2, 0.25) is 0 Å². The number of rotatable bonds is 9. The Morgan fingerprint density at radius 3 is 2.06 bits per heavy atom. The van der Waals surface area contributed by atoms with Crippen molar-refractivity contribution in [3.05, 3.63) is 0 Å². The Labute approximate surface area is 104 Å². The molecule has 1 unspecified atom stereocenters. The molecule has 102 valence electrons. The van der Waals surface area contributed by atoms with E-state index in [9.17, 15) is 0 Å². The first-order chi connectivity index (χ1) is 8.14. The van der Waals surface area contributed by atoms with Crippen molar-refractivity contribution >= 4 is 5.84 Å². The van der Waals surface area contributed by atoms with Gasteiger partial charge in [-0.25, -0.2) is 0 Å². The minimum absolute atomic E-state index is 0.142. The highest BCUT2D eigenvalue weighted by molar-refractivity contribution is 5.80. The van der Waals surface area contributed by atoms with Gasteiger partial charge in [0.15, 0.2) is 0 Å². The molecule has 5 heteroatoms. The molecule has 0 saturated carbocycles. The van der Waals surface area contributed by atoms with E-state index in [2.05, 4.69) is 30.8 Å². The average Bonchev–Trinajstić information content (AvgIpc) is 2.36. The van der Waals surface area contributed by atoms with Gasteiger partial charge in [-0.1, -0.05) is 25.9 Å². The van der Waals surface area contributed by atoms with Crippen LogP contribution in [0.1, 0.15) is 46.5 Å². The van der Waals surface area contributed by atoms with Crippen LogP contribution in [0.4, 0.5) is 0 Å². The maximum absolute atomic E-state index is 9.16. The summed E-state index contributed by atoms with van der Waals surface area (Å²) in [4.78, 5) is 2.28. The first-order valence-corrected chi connectivity index (χ1v) is 6.47. The number of hydrogen-bond donors (Lipinski definition) is 3. The normalized spacial score (nSPS) is 14.6. The van der Waals surface area contributed by atoms with Crippen LogP contribution in [0.15, 0.2) is 5.16 Å². The fraction of sp³-hybridized carbons (Fsp3) is 0.917. The molecule has 0 radical (unpaired) electrons. The van der Waals surface area contributed by atoms with Crippen molar-refractivity contribution < 1.29 is 10.3 Å². The molecule has 0 spiro atoms. The van der Waals surface area contributed by atoms with E-state index < -0.39 is 0 Å². The van der Waals surface area contributed by atoms with E-state index in [0.717, 1.165) is 19.3 Å². The highest BCUT2D eigenvalue weighted by Crippen LogP contribution is 2.17. The summed E-state index contributed by atoms with van der Waals surface area (Å²) in [7, 11) is 0. The fourth-order valence-electron chi connectivity index (χ4n) is 2.31. The summed E-state index contributed by atoms with van der Waals surface area (Å²) in [5, 5.41) is 20.8. The Morgan fingerprint density at radius 2 is 1.71 bits per heavy atom. The predicted molar refractivity (Wildman–Crippen MR) is 70.3 cm³/mol. The lowest BCUT2D eigenvalue weighted by atomic mass is 10.0. The Bertz CT molecular complexity index is 218. The number of amidine groups is 1. The molecule has 0 aliphatic heterocycles. The van der Waals surface area contributed by atoms with Crippen molar-refractivity contribution in [2.75, 3.05) is 13.2 Å². The van der Waals surface area contributed by atoms with Crippen LogP contribution in [0.5, 0.6) is 0 Å². The van der Waals surface area contributed by atoms with E-state index in [1.807, 2.05) is 0 Å². The first-order valence-electron chi connectivity index (χ1n) is 6.47.